The van der Waals surface area contributed by atoms with E-state index in [1.54, 1.807) is 12.1 Å². The van der Waals surface area contributed by atoms with E-state index in [1.165, 1.54) is 5.56 Å². The third-order valence-corrected chi connectivity index (χ3v) is 3.12. The molecule has 3 heteroatoms. The van der Waals surface area contributed by atoms with Crippen molar-refractivity contribution < 1.29 is 9.90 Å². The number of fused-ring (bicyclic) bond motifs is 1. The molecule has 0 fully saturated rings. The van der Waals surface area contributed by atoms with Crippen molar-refractivity contribution in [3.63, 3.8) is 0 Å². The molecule has 0 saturated carbocycles. The Morgan fingerprint density at radius 1 is 1.25 bits per heavy atom. The number of benzene rings is 1. The Balaban J connectivity index is 2.28. The lowest BCUT2D eigenvalue weighted by atomic mass is 10.1. The van der Waals surface area contributed by atoms with E-state index in [0.717, 1.165) is 18.7 Å². The van der Waals surface area contributed by atoms with Crippen LogP contribution in [0.25, 0.3) is 0 Å². The van der Waals surface area contributed by atoms with Crippen LogP contribution < -0.4 is 0 Å². The van der Waals surface area contributed by atoms with Gasteiger partial charge in [0.1, 0.15) is 0 Å². The van der Waals surface area contributed by atoms with Crippen LogP contribution in [-0.2, 0) is 13.1 Å². The van der Waals surface area contributed by atoms with E-state index in [0.29, 0.717) is 5.56 Å². The number of carboxylic acids is 1. The number of hydrogen-bond donors (Lipinski definition) is 1. The van der Waals surface area contributed by atoms with Gasteiger partial charge in [0, 0.05) is 18.6 Å². The van der Waals surface area contributed by atoms with Gasteiger partial charge in [0.2, 0.25) is 0 Å². The van der Waals surface area contributed by atoms with Crippen LogP contribution in [0.4, 0.5) is 0 Å². The lowest BCUT2D eigenvalue weighted by Gasteiger charge is -2.31. The van der Waals surface area contributed by atoms with Gasteiger partial charge in [-0.2, -0.15) is 0 Å². The zero-order valence-electron chi connectivity index (χ0n) is 9.95. The first kappa shape index (κ1) is 11.1. The first-order valence-electron chi connectivity index (χ1n) is 5.48. The van der Waals surface area contributed by atoms with Crippen molar-refractivity contribution in [3.8, 4) is 0 Å². The maximum atomic E-state index is 10.9. The molecule has 1 N–H and O–H groups in total. The van der Waals surface area contributed by atoms with Crippen LogP contribution in [0.2, 0.25) is 0 Å². The highest BCUT2D eigenvalue weighted by molar-refractivity contribution is 5.87. The van der Waals surface area contributed by atoms with Crippen LogP contribution in [-0.4, -0.2) is 21.5 Å². The Morgan fingerprint density at radius 2 is 1.88 bits per heavy atom. The van der Waals surface area contributed by atoms with Crippen molar-refractivity contribution in [3.05, 3.63) is 34.9 Å². The first-order chi connectivity index (χ1) is 7.38. The Hall–Kier alpha value is -1.35. The van der Waals surface area contributed by atoms with Crippen molar-refractivity contribution in [1.82, 2.24) is 4.90 Å². The predicted molar refractivity (Wildman–Crippen MR) is 62.4 cm³/mol. The second kappa shape index (κ2) is 3.59. The summed E-state index contributed by atoms with van der Waals surface area (Å²) in [4.78, 5) is 13.2. The average Bonchev–Trinajstić information content (AvgIpc) is 2.58. The van der Waals surface area contributed by atoms with Gasteiger partial charge in [-0.3, -0.25) is 4.90 Å². The second-order valence-corrected chi connectivity index (χ2v) is 5.32. The topological polar surface area (TPSA) is 40.5 Å². The molecule has 0 atom stereocenters. The quantitative estimate of drug-likeness (QED) is 0.789. The first-order valence-corrected chi connectivity index (χ1v) is 5.48. The zero-order valence-corrected chi connectivity index (χ0v) is 9.95. The van der Waals surface area contributed by atoms with E-state index in [1.807, 2.05) is 6.07 Å². The molecule has 16 heavy (non-hydrogen) atoms. The normalized spacial score (nSPS) is 16.2. The summed E-state index contributed by atoms with van der Waals surface area (Å²) < 4.78 is 0. The summed E-state index contributed by atoms with van der Waals surface area (Å²) in [6, 6.07) is 5.42. The fraction of sp³-hybridized carbons (Fsp3) is 0.462. The average molecular weight is 219 g/mol. The summed E-state index contributed by atoms with van der Waals surface area (Å²) in [5, 5.41) is 8.93. The Kier molecular flexibility index (Phi) is 2.50. The second-order valence-electron chi connectivity index (χ2n) is 5.32. The molecular weight excluding hydrogens is 202 g/mol. The molecule has 2 rings (SSSR count). The van der Waals surface area contributed by atoms with Gasteiger partial charge in [-0.1, -0.05) is 6.07 Å². The predicted octanol–water partition coefficient (Wildman–Crippen LogP) is 2.50. The van der Waals surface area contributed by atoms with Crippen molar-refractivity contribution in [1.29, 1.82) is 0 Å². The van der Waals surface area contributed by atoms with Gasteiger partial charge in [0.15, 0.2) is 0 Å². The van der Waals surface area contributed by atoms with E-state index < -0.39 is 5.97 Å². The van der Waals surface area contributed by atoms with Crippen molar-refractivity contribution in [2.75, 3.05) is 0 Å². The molecule has 1 aromatic rings. The molecule has 86 valence electrons. The molecule has 0 radical (unpaired) electrons. The monoisotopic (exact) mass is 219 g/mol. The Bertz CT molecular complexity index is 432. The summed E-state index contributed by atoms with van der Waals surface area (Å²) in [7, 11) is 0. The fourth-order valence-corrected chi connectivity index (χ4v) is 2.00. The van der Waals surface area contributed by atoms with Crippen molar-refractivity contribution >= 4 is 5.97 Å². The number of carbonyl (C=O) groups is 1. The molecule has 0 bridgehead atoms. The highest BCUT2D eigenvalue weighted by atomic mass is 16.4. The third kappa shape index (κ3) is 1.95. The standard InChI is InChI=1S/C13H17NO2/c1-13(2,3)14-7-10-5-4-9(12(15)16)6-11(10)8-14/h4-6H,7-8H2,1-3H3,(H,15,16). The van der Waals surface area contributed by atoms with Crippen LogP contribution in [0.1, 0.15) is 42.3 Å². The number of carboxylic acid groups (broad SMARTS) is 1. The molecular formula is C13H17NO2. The number of rotatable bonds is 1. The Labute approximate surface area is 95.7 Å². The van der Waals surface area contributed by atoms with E-state index in [9.17, 15) is 4.79 Å². The summed E-state index contributed by atoms with van der Waals surface area (Å²) in [6.45, 7) is 8.30. The number of aromatic carboxylic acids is 1. The van der Waals surface area contributed by atoms with Gasteiger partial charge in [-0.15, -0.1) is 0 Å². The highest BCUT2D eigenvalue weighted by Gasteiger charge is 2.28. The SMILES string of the molecule is CC(C)(C)N1Cc2ccc(C(=O)O)cc2C1. The molecule has 1 aliphatic heterocycles. The van der Waals surface area contributed by atoms with E-state index >= 15 is 0 Å². The number of nitrogens with zero attached hydrogens (tertiary/aromatic N) is 1. The molecule has 0 aliphatic carbocycles. The molecule has 1 heterocycles. The lowest BCUT2D eigenvalue weighted by Crippen LogP contribution is -2.36. The minimum absolute atomic E-state index is 0.127. The van der Waals surface area contributed by atoms with Gasteiger partial charge < -0.3 is 5.11 Å². The van der Waals surface area contributed by atoms with Crippen LogP contribution in [0.15, 0.2) is 18.2 Å². The van der Waals surface area contributed by atoms with Crippen LogP contribution in [0.5, 0.6) is 0 Å². The number of hydrogen-bond acceptors (Lipinski definition) is 2. The summed E-state index contributed by atoms with van der Waals surface area (Å²) in [5.74, 6) is -0.850. The maximum absolute atomic E-state index is 10.9. The molecule has 0 amide bonds. The Morgan fingerprint density at radius 3 is 2.44 bits per heavy atom. The fourth-order valence-electron chi connectivity index (χ4n) is 2.00. The maximum Gasteiger partial charge on any atom is 0.335 e. The minimum atomic E-state index is -0.850. The third-order valence-electron chi connectivity index (χ3n) is 3.12. The van der Waals surface area contributed by atoms with E-state index in [-0.39, 0.29) is 5.54 Å². The molecule has 0 spiro atoms. The van der Waals surface area contributed by atoms with E-state index in [4.69, 9.17) is 5.11 Å². The van der Waals surface area contributed by atoms with Gasteiger partial charge in [-0.05, 0) is 44.0 Å². The molecule has 1 aromatic carbocycles. The van der Waals surface area contributed by atoms with Crippen LogP contribution >= 0.6 is 0 Å². The van der Waals surface area contributed by atoms with Crippen LogP contribution in [0, 0.1) is 0 Å². The van der Waals surface area contributed by atoms with Crippen molar-refractivity contribution in [2.24, 2.45) is 0 Å². The summed E-state index contributed by atoms with van der Waals surface area (Å²) >= 11 is 0. The van der Waals surface area contributed by atoms with Gasteiger partial charge in [0.05, 0.1) is 5.56 Å². The molecule has 1 aliphatic rings. The molecule has 3 nitrogen and oxygen atoms in total. The lowest BCUT2D eigenvalue weighted by molar-refractivity contribution is 0.0697. The molecule has 0 unspecified atom stereocenters. The summed E-state index contributed by atoms with van der Waals surface area (Å²) in [6.07, 6.45) is 0. The molecule has 0 aromatic heterocycles. The smallest absolute Gasteiger partial charge is 0.335 e. The van der Waals surface area contributed by atoms with Gasteiger partial charge in [0.25, 0.3) is 0 Å². The van der Waals surface area contributed by atoms with E-state index in [2.05, 4.69) is 25.7 Å². The van der Waals surface area contributed by atoms with Crippen molar-refractivity contribution in [2.45, 2.75) is 39.4 Å². The van der Waals surface area contributed by atoms with Gasteiger partial charge in [-0.25, -0.2) is 4.79 Å². The summed E-state index contributed by atoms with van der Waals surface area (Å²) in [5.41, 5.74) is 2.91. The van der Waals surface area contributed by atoms with Crippen LogP contribution in [0.3, 0.4) is 0 Å². The minimum Gasteiger partial charge on any atom is -0.478 e. The van der Waals surface area contributed by atoms with Gasteiger partial charge >= 0.3 is 5.97 Å². The largest absolute Gasteiger partial charge is 0.478 e. The zero-order chi connectivity index (χ0) is 11.9. The highest BCUT2D eigenvalue weighted by Crippen LogP contribution is 2.29. The molecule has 0 saturated heterocycles.